The number of aliphatic hydroxyl groups excluding tert-OH is 3. The molecule has 1 aliphatic rings. The fraction of sp³-hybridized carbons (Fsp3) is 1.00. The molecule has 0 aromatic heterocycles. The largest absolute Gasteiger partial charge is 0.388 e. The number of hydrogen-bond acceptors (Lipinski definition) is 8. The van der Waals surface area contributed by atoms with E-state index in [4.69, 9.17) is 13.8 Å². The molecule has 1 aliphatic heterocycles. The zero-order chi connectivity index (χ0) is 25.3. The van der Waals surface area contributed by atoms with Crippen molar-refractivity contribution >= 4 is 30.3 Å². The second kappa shape index (κ2) is 10.5. The molecule has 9 nitrogen and oxygen atoms in total. The van der Waals surface area contributed by atoms with Crippen LogP contribution < -0.4 is 0 Å². The average molecular weight is 498 g/mol. The van der Waals surface area contributed by atoms with Crippen molar-refractivity contribution in [3.8, 4) is 0 Å². The van der Waals surface area contributed by atoms with Crippen LogP contribution in [0.5, 0.6) is 0 Å². The molecule has 0 saturated carbocycles. The van der Waals surface area contributed by atoms with Crippen LogP contribution in [0.2, 0.25) is 0 Å². The average Bonchev–Trinajstić information content (AvgIpc) is 2.92. The van der Waals surface area contributed by atoms with E-state index in [1.54, 1.807) is 35.5 Å². The summed E-state index contributed by atoms with van der Waals surface area (Å²) in [4.78, 5) is 10.2. The molecule has 188 valence electrons. The Labute approximate surface area is 194 Å². The van der Waals surface area contributed by atoms with Crippen LogP contribution in [0, 0.1) is 0 Å². The van der Waals surface area contributed by atoms with Crippen LogP contribution in [-0.4, -0.2) is 82.1 Å². The van der Waals surface area contributed by atoms with Gasteiger partial charge in [-0.2, -0.15) is 0 Å². The molecular formula is C19H42B2O9P2. The number of hydrogen-bond donors (Lipinski definition) is 4. The van der Waals surface area contributed by atoms with E-state index in [0.29, 0.717) is 12.8 Å². The van der Waals surface area contributed by atoms with Crippen LogP contribution >= 0.6 is 14.8 Å². The van der Waals surface area contributed by atoms with Gasteiger partial charge in [-0.25, -0.2) is 0 Å². The van der Waals surface area contributed by atoms with E-state index in [9.17, 15) is 29.3 Å². The monoisotopic (exact) mass is 498 g/mol. The predicted octanol–water partition coefficient (Wildman–Crippen LogP) is 1.35. The maximum Gasteiger partial charge on any atom is 0.356 e. The van der Waals surface area contributed by atoms with E-state index in [0.717, 1.165) is 0 Å². The van der Waals surface area contributed by atoms with E-state index < -0.39 is 61.4 Å². The van der Waals surface area contributed by atoms with Crippen LogP contribution in [0.1, 0.15) is 74.1 Å². The van der Waals surface area contributed by atoms with Gasteiger partial charge in [-0.3, -0.25) is 9.09 Å². The zero-order valence-corrected chi connectivity index (χ0v) is 22.7. The maximum absolute atomic E-state index is 14.2. The smallest absolute Gasteiger partial charge is 0.356 e. The first-order chi connectivity index (χ1) is 14.3. The fourth-order valence-electron chi connectivity index (χ4n) is 4.30. The Morgan fingerprint density at radius 3 is 1.91 bits per heavy atom. The molecule has 0 radical (unpaired) electrons. The van der Waals surface area contributed by atoms with Gasteiger partial charge in [0.15, 0.2) is 13.1 Å². The summed E-state index contributed by atoms with van der Waals surface area (Å²) in [6.45, 7) is 11.7. The van der Waals surface area contributed by atoms with Crippen LogP contribution in [0.15, 0.2) is 0 Å². The van der Waals surface area contributed by atoms with E-state index in [-0.39, 0.29) is 12.8 Å². The predicted molar refractivity (Wildman–Crippen MR) is 130 cm³/mol. The third-order valence-corrected chi connectivity index (χ3v) is 12.6. The number of rotatable bonds is 12. The Balaban J connectivity index is 3.29. The molecule has 0 amide bonds. The van der Waals surface area contributed by atoms with Gasteiger partial charge in [-0.15, -0.1) is 0 Å². The minimum atomic E-state index is -4.39. The first-order valence-electron chi connectivity index (χ1n) is 11.4. The van der Waals surface area contributed by atoms with Crippen molar-refractivity contribution in [3.63, 3.8) is 0 Å². The Bertz CT molecular complexity index is 742. The molecule has 32 heavy (non-hydrogen) atoms. The lowest BCUT2D eigenvalue weighted by Gasteiger charge is -2.51. The van der Waals surface area contributed by atoms with Crippen molar-refractivity contribution in [2.75, 3.05) is 0 Å². The molecule has 13 heteroatoms. The van der Waals surface area contributed by atoms with Crippen LogP contribution in [0.25, 0.3) is 0 Å². The molecule has 4 N–H and O–H groups in total. The summed E-state index contributed by atoms with van der Waals surface area (Å²) in [5.41, 5.74) is -2.30. The van der Waals surface area contributed by atoms with Gasteiger partial charge in [-0.1, -0.05) is 20.8 Å². The molecule has 0 aliphatic carbocycles. The highest BCUT2D eigenvalue weighted by Gasteiger charge is 2.58. The molecule has 0 bridgehead atoms. The third-order valence-electron chi connectivity index (χ3n) is 7.58. The van der Waals surface area contributed by atoms with E-state index in [1.807, 2.05) is 13.8 Å². The lowest BCUT2D eigenvalue weighted by molar-refractivity contribution is -0.0373. The molecule has 1 saturated heterocycles. The first-order valence-corrected chi connectivity index (χ1v) is 15.1. The molecule has 0 aromatic carbocycles. The summed E-state index contributed by atoms with van der Waals surface area (Å²) in [6.07, 6.45) is -1.53. The zero-order valence-electron chi connectivity index (χ0n) is 20.9. The van der Waals surface area contributed by atoms with Crippen molar-refractivity contribution in [2.24, 2.45) is 0 Å². The molecule has 6 unspecified atom stereocenters. The van der Waals surface area contributed by atoms with Gasteiger partial charge in [0, 0.05) is 6.42 Å². The molecule has 1 fully saturated rings. The Hall–Kier alpha value is 0.310. The minimum Gasteiger partial charge on any atom is -0.388 e. The highest BCUT2D eigenvalue weighted by molar-refractivity contribution is 7.84. The molecule has 1 rings (SSSR count). The van der Waals surface area contributed by atoms with Gasteiger partial charge in [0.05, 0.1) is 28.5 Å². The van der Waals surface area contributed by atoms with Crippen LogP contribution in [-0.2, 0) is 22.9 Å². The van der Waals surface area contributed by atoms with Gasteiger partial charge in [0.25, 0.3) is 0 Å². The van der Waals surface area contributed by atoms with E-state index in [2.05, 4.69) is 0 Å². The summed E-state index contributed by atoms with van der Waals surface area (Å²) in [5.74, 6) is -1.60. The highest BCUT2D eigenvalue weighted by Crippen LogP contribution is 2.67. The normalized spacial score (nSPS) is 34.5. The molecule has 10 atom stereocenters. The van der Waals surface area contributed by atoms with Gasteiger partial charge in [-0.05, 0) is 47.0 Å². The topological polar surface area (TPSA) is 143 Å². The second-order valence-electron chi connectivity index (χ2n) is 9.80. The summed E-state index contributed by atoms with van der Waals surface area (Å²) < 4.78 is 44.3. The van der Waals surface area contributed by atoms with Crippen LogP contribution in [0.3, 0.4) is 0 Å². The van der Waals surface area contributed by atoms with Crippen molar-refractivity contribution < 1.29 is 43.1 Å². The van der Waals surface area contributed by atoms with Crippen molar-refractivity contribution in [2.45, 2.75) is 121 Å². The fourth-order valence-corrected chi connectivity index (χ4v) is 8.31. The SMILES string of the molecule is B[C@@H]1O[C@H](CC(C)(CC)OP(B)(=O)C(C)(CC)C(C)(CC)OP(=O)(O)C(C)O)[C@@H](O)[C@H]1O. The van der Waals surface area contributed by atoms with E-state index in [1.165, 1.54) is 14.5 Å². The van der Waals surface area contributed by atoms with Gasteiger partial charge >= 0.3 is 7.60 Å². The third kappa shape index (κ3) is 5.92. The summed E-state index contributed by atoms with van der Waals surface area (Å²) in [6, 6.07) is -0.526. The number of aliphatic hydroxyl groups is 3. The second-order valence-corrected chi connectivity index (χ2v) is 14.7. The minimum absolute atomic E-state index is 0.208. The lowest BCUT2D eigenvalue weighted by atomic mass is 9.85. The van der Waals surface area contributed by atoms with Crippen molar-refractivity contribution in [3.05, 3.63) is 0 Å². The molecule has 0 aromatic rings. The molecule has 0 spiro atoms. The van der Waals surface area contributed by atoms with E-state index >= 15 is 0 Å². The molecule has 1 heterocycles. The lowest BCUT2D eigenvalue weighted by Crippen LogP contribution is -2.52. The summed E-state index contributed by atoms with van der Waals surface area (Å²) in [5, 5.41) is 28.9. The van der Waals surface area contributed by atoms with Crippen molar-refractivity contribution in [1.29, 1.82) is 0 Å². The quantitative estimate of drug-likeness (QED) is 0.232. The summed E-state index contributed by atoms with van der Waals surface area (Å²) in [7, 11) is -4.77. The summed E-state index contributed by atoms with van der Waals surface area (Å²) >= 11 is 0. The first kappa shape index (κ1) is 30.3. The van der Waals surface area contributed by atoms with Gasteiger partial charge in [0.2, 0.25) is 7.57 Å². The standard InChI is InChI=1S/C19H42B2O9P2/c1-8-17(5,11-13-14(23)15(24)16(20)28-13)29-32(21,27)19(7,10-3)18(6,9-2)30-31(25,26)12(4)22/h12-16,22-24H,8-11,20-21H2,1-7H3,(H,25,26)/t12?,13-,14-,15-,16-,17?,18?,19?,32?/m1/s1. The van der Waals surface area contributed by atoms with Crippen molar-refractivity contribution in [1.82, 2.24) is 0 Å². The Morgan fingerprint density at radius 1 is 1.03 bits per heavy atom. The highest BCUT2D eigenvalue weighted by atomic mass is 31.2. The van der Waals surface area contributed by atoms with Gasteiger partial charge < -0.3 is 34.0 Å². The van der Waals surface area contributed by atoms with Crippen LogP contribution in [0.4, 0.5) is 0 Å². The number of ether oxygens (including phenoxy) is 1. The van der Waals surface area contributed by atoms with Gasteiger partial charge in [0.1, 0.15) is 20.1 Å². The molecular weight excluding hydrogens is 456 g/mol. The maximum atomic E-state index is 14.2. The Kier molecular flexibility index (Phi) is 9.97. The Morgan fingerprint density at radius 2 is 1.56 bits per heavy atom.